The Hall–Kier alpha value is -1.42. The number of nitrogens with zero attached hydrogens (tertiary/aromatic N) is 1. The number of carboxylic acids is 1. The van der Waals surface area contributed by atoms with Gasteiger partial charge in [-0.05, 0) is 37.5 Å². The normalized spacial score (nSPS) is 18.2. The molecule has 1 saturated carbocycles. The van der Waals surface area contributed by atoms with Crippen LogP contribution in [0.25, 0.3) is 10.2 Å². The molecule has 106 valence electrons. The average molecular weight is 289 g/mol. The number of carboxylic acid groups (broad SMARTS) is 1. The molecule has 0 unspecified atom stereocenters. The van der Waals surface area contributed by atoms with Crippen LogP contribution in [-0.4, -0.2) is 16.1 Å². The molecule has 2 aromatic rings. The molecule has 1 N–H and O–H groups in total. The van der Waals surface area contributed by atoms with Crippen LogP contribution in [0.3, 0.4) is 0 Å². The van der Waals surface area contributed by atoms with Crippen LogP contribution in [0.4, 0.5) is 0 Å². The molecule has 0 aliphatic heterocycles. The summed E-state index contributed by atoms with van der Waals surface area (Å²) < 4.78 is 1.15. The Labute approximate surface area is 122 Å². The van der Waals surface area contributed by atoms with Crippen molar-refractivity contribution in [1.82, 2.24) is 4.98 Å². The van der Waals surface area contributed by atoms with E-state index in [1.54, 1.807) is 11.3 Å². The maximum absolute atomic E-state index is 11.7. The van der Waals surface area contributed by atoms with Crippen molar-refractivity contribution in [2.24, 2.45) is 5.41 Å². The smallest absolute Gasteiger partial charge is 0.310 e. The van der Waals surface area contributed by atoms with E-state index in [9.17, 15) is 9.90 Å². The molecule has 1 aliphatic carbocycles. The number of hydrogen-bond acceptors (Lipinski definition) is 3. The number of thiazole rings is 1. The van der Waals surface area contributed by atoms with Crippen LogP contribution in [0.5, 0.6) is 0 Å². The minimum absolute atomic E-state index is 0.582. The molecule has 4 heteroatoms. The number of hydrogen-bond donors (Lipinski definition) is 1. The predicted molar refractivity (Wildman–Crippen MR) is 81.2 cm³/mol. The van der Waals surface area contributed by atoms with Crippen LogP contribution < -0.4 is 0 Å². The summed E-state index contributed by atoms with van der Waals surface area (Å²) >= 11 is 1.64. The van der Waals surface area contributed by atoms with Crippen LogP contribution in [0.1, 0.15) is 42.7 Å². The number of rotatable bonds is 3. The van der Waals surface area contributed by atoms with Crippen molar-refractivity contribution >= 4 is 27.5 Å². The van der Waals surface area contributed by atoms with Gasteiger partial charge in [0.05, 0.1) is 20.6 Å². The van der Waals surface area contributed by atoms with Gasteiger partial charge in [-0.25, -0.2) is 4.98 Å². The van der Waals surface area contributed by atoms with Gasteiger partial charge in [-0.3, -0.25) is 4.79 Å². The SMILES string of the molecule is Cc1ccc2sc(CC3(C(=O)O)CCCCC3)nc2c1. The van der Waals surface area contributed by atoms with Gasteiger partial charge in [0.1, 0.15) is 0 Å². The third-order valence-corrected chi connectivity index (χ3v) is 5.38. The van der Waals surface area contributed by atoms with Gasteiger partial charge in [-0.15, -0.1) is 11.3 Å². The number of aliphatic carboxylic acids is 1. The predicted octanol–water partition coefficient (Wildman–Crippen LogP) is 4.18. The van der Waals surface area contributed by atoms with E-state index in [-0.39, 0.29) is 0 Å². The standard InChI is InChI=1S/C16H19NO2S/c1-11-5-6-13-12(9-11)17-14(20-13)10-16(15(18)19)7-3-2-4-8-16/h5-6,9H,2-4,7-8,10H2,1H3,(H,18,19). The fourth-order valence-electron chi connectivity index (χ4n) is 3.15. The van der Waals surface area contributed by atoms with Gasteiger partial charge in [0.25, 0.3) is 0 Å². The highest BCUT2D eigenvalue weighted by Crippen LogP contribution is 2.40. The lowest BCUT2D eigenvalue weighted by atomic mass is 9.72. The number of aryl methyl sites for hydroxylation is 1. The van der Waals surface area contributed by atoms with Crippen molar-refractivity contribution in [2.75, 3.05) is 0 Å². The van der Waals surface area contributed by atoms with Gasteiger partial charge in [-0.2, -0.15) is 0 Å². The number of aromatic nitrogens is 1. The fraction of sp³-hybridized carbons (Fsp3) is 0.500. The Balaban J connectivity index is 1.92. The molecule has 0 bridgehead atoms. The minimum Gasteiger partial charge on any atom is -0.481 e. The first kappa shape index (κ1) is 13.6. The van der Waals surface area contributed by atoms with Gasteiger partial charge in [0, 0.05) is 6.42 Å². The second-order valence-electron chi connectivity index (χ2n) is 5.90. The van der Waals surface area contributed by atoms with Gasteiger partial charge < -0.3 is 5.11 Å². The molecule has 1 fully saturated rings. The van der Waals surface area contributed by atoms with E-state index < -0.39 is 11.4 Å². The first-order chi connectivity index (χ1) is 9.59. The molecule has 1 heterocycles. The van der Waals surface area contributed by atoms with Gasteiger partial charge >= 0.3 is 5.97 Å². The summed E-state index contributed by atoms with van der Waals surface area (Å²) in [5.74, 6) is -0.646. The quantitative estimate of drug-likeness (QED) is 0.922. The Bertz CT molecular complexity index is 641. The molecule has 3 nitrogen and oxygen atoms in total. The molecule has 0 amide bonds. The largest absolute Gasteiger partial charge is 0.481 e. The molecule has 0 atom stereocenters. The Morgan fingerprint density at radius 1 is 1.35 bits per heavy atom. The number of benzene rings is 1. The van der Waals surface area contributed by atoms with Crippen molar-refractivity contribution in [1.29, 1.82) is 0 Å². The molecule has 0 saturated heterocycles. The van der Waals surface area contributed by atoms with Crippen LogP contribution >= 0.6 is 11.3 Å². The molecule has 1 aromatic heterocycles. The fourth-order valence-corrected chi connectivity index (χ4v) is 4.24. The Morgan fingerprint density at radius 3 is 2.80 bits per heavy atom. The summed E-state index contributed by atoms with van der Waals surface area (Å²) in [7, 11) is 0. The molecule has 3 rings (SSSR count). The van der Waals surface area contributed by atoms with E-state index in [2.05, 4.69) is 30.1 Å². The van der Waals surface area contributed by atoms with Crippen molar-refractivity contribution in [3.05, 3.63) is 28.8 Å². The molecule has 1 aromatic carbocycles. The van der Waals surface area contributed by atoms with Crippen molar-refractivity contribution in [2.45, 2.75) is 45.4 Å². The average Bonchev–Trinajstić information content (AvgIpc) is 2.80. The topological polar surface area (TPSA) is 50.2 Å². The highest BCUT2D eigenvalue weighted by molar-refractivity contribution is 7.18. The highest BCUT2D eigenvalue weighted by atomic mass is 32.1. The van der Waals surface area contributed by atoms with E-state index >= 15 is 0 Å². The number of fused-ring (bicyclic) bond motifs is 1. The molecular formula is C16H19NO2S. The first-order valence-electron chi connectivity index (χ1n) is 7.19. The highest BCUT2D eigenvalue weighted by Gasteiger charge is 2.40. The maximum Gasteiger partial charge on any atom is 0.310 e. The van der Waals surface area contributed by atoms with Crippen LogP contribution in [0.15, 0.2) is 18.2 Å². The van der Waals surface area contributed by atoms with E-state index in [0.717, 1.165) is 47.3 Å². The van der Waals surface area contributed by atoms with E-state index in [1.807, 2.05) is 0 Å². The Kier molecular flexibility index (Phi) is 3.50. The Morgan fingerprint density at radius 2 is 2.10 bits per heavy atom. The van der Waals surface area contributed by atoms with Crippen molar-refractivity contribution in [3.8, 4) is 0 Å². The molecule has 0 spiro atoms. The maximum atomic E-state index is 11.7. The monoisotopic (exact) mass is 289 g/mol. The summed E-state index contributed by atoms with van der Waals surface area (Å²) in [6, 6.07) is 6.24. The lowest BCUT2D eigenvalue weighted by Crippen LogP contribution is -2.35. The van der Waals surface area contributed by atoms with Crippen molar-refractivity contribution in [3.63, 3.8) is 0 Å². The van der Waals surface area contributed by atoms with Crippen LogP contribution in [0, 0.1) is 12.3 Å². The second-order valence-corrected chi connectivity index (χ2v) is 7.02. The lowest BCUT2D eigenvalue weighted by Gasteiger charge is -2.32. The van der Waals surface area contributed by atoms with E-state index in [1.165, 1.54) is 5.56 Å². The summed E-state index contributed by atoms with van der Waals surface area (Å²) in [4.78, 5) is 16.4. The van der Waals surface area contributed by atoms with Gasteiger partial charge in [0.2, 0.25) is 0 Å². The molecular weight excluding hydrogens is 270 g/mol. The van der Waals surface area contributed by atoms with Crippen LogP contribution in [-0.2, 0) is 11.2 Å². The van der Waals surface area contributed by atoms with Gasteiger partial charge in [0.15, 0.2) is 0 Å². The first-order valence-corrected chi connectivity index (χ1v) is 8.00. The van der Waals surface area contributed by atoms with Crippen LogP contribution in [0.2, 0.25) is 0 Å². The summed E-state index contributed by atoms with van der Waals surface area (Å²) in [5.41, 5.74) is 1.61. The summed E-state index contributed by atoms with van der Waals surface area (Å²) in [6.45, 7) is 2.05. The second kappa shape index (κ2) is 5.17. The third kappa shape index (κ3) is 2.44. The summed E-state index contributed by atoms with van der Waals surface area (Å²) in [5, 5.41) is 10.6. The zero-order valence-electron chi connectivity index (χ0n) is 11.7. The molecule has 1 aliphatic rings. The lowest BCUT2D eigenvalue weighted by molar-refractivity contribution is -0.151. The minimum atomic E-state index is -0.646. The van der Waals surface area contributed by atoms with Gasteiger partial charge in [-0.1, -0.05) is 25.3 Å². The number of carbonyl (C=O) groups is 1. The molecule has 0 radical (unpaired) electrons. The van der Waals surface area contributed by atoms with E-state index in [4.69, 9.17) is 0 Å². The van der Waals surface area contributed by atoms with E-state index in [0.29, 0.717) is 6.42 Å². The van der Waals surface area contributed by atoms with Crippen molar-refractivity contribution < 1.29 is 9.90 Å². The zero-order valence-corrected chi connectivity index (χ0v) is 12.5. The summed E-state index contributed by atoms with van der Waals surface area (Å²) in [6.07, 6.45) is 5.37. The third-order valence-electron chi connectivity index (χ3n) is 4.34. The zero-order chi connectivity index (χ0) is 14.2. The molecule has 20 heavy (non-hydrogen) atoms.